The van der Waals surface area contributed by atoms with Gasteiger partial charge in [-0.3, -0.25) is 14.5 Å². The topological polar surface area (TPSA) is 62.3 Å². The maximum Gasteiger partial charge on any atom is 0.266 e. The third-order valence-corrected chi connectivity index (χ3v) is 7.17. The van der Waals surface area contributed by atoms with E-state index in [9.17, 15) is 9.59 Å². The molecule has 4 rings (SSSR count). The van der Waals surface area contributed by atoms with Gasteiger partial charge in [0.05, 0.1) is 4.91 Å². The van der Waals surface area contributed by atoms with Crippen molar-refractivity contribution in [3.8, 4) is 0 Å². The second kappa shape index (κ2) is 10.4. The first-order valence-corrected chi connectivity index (χ1v) is 12.2. The SMILES string of the molecule is O=C(CCN1C(=O)/C(=C/c2ccc(Cl)cc2)SC1=S)Nc1ncc(Cc2ccccc2)s1. The Bertz CT molecular complexity index is 1180. The first-order valence-electron chi connectivity index (χ1n) is 9.77. The van der Waals surface area contributed by atoms with Crippen LogP contribution in [-0.4, -0.2) is 32.6 Å². The van der Waals surface area contributed by atoms with E-state index in [0.29, 0.717) is 19.4 Å². The average Bonchev–Trinajstić information content (AvgIpc) is 3.32. The highest BCUT2D eigenvalue weighted by molar-refractivity contribution is 8.26. The van der Waals surface area contributed by atoms with E-state index in [1.807, 2.05) is 30.3 Å². The molecule has 1 N–H and O–H groups in total. The smallest absolute Gasteiger partial charge is 0.266 e. The number of benzene rings is 2. The Hall–Kier alpha value is -2.52. The van der Waals surface area contributed by atoms with Crippen LogP contribution in [0.15, 0.2) is 65.7 Å². The van der Waals surface area contributed by atoms with E-state index in [1.165, 1.54) is 33.6 Å². The Labute approximate surface area is 204 Å². The lowest BCUT2D eigenvalue weighted by Crippen LogP contribution is -2.31. The number of hydrogen-bond acceptors (Lipinski definition) is 6. The highest BCUT2D eigenvalue weighted by Crippen LogP contribution is 2.33. The summed E-state index contributed by atoms with van der Waals surface area (Å²) >= 11 is 13.9. The highest BCUT2D eigenvalue weighted by atomic mass is 35.5. The van der Waals surface area contributed by atoms with Crippen LogP contribution in [0.2, 0.25) is 5.02 Å². The minimum Gasteiger partial charge on any atom is -0.302 e. The first kappa shape index (κ1) is 22.7. The van der Waals surface area contributed by atoms with E-state index >= 15 is 0 Å². The van der Waals surface area contributed by atoms with E-state index in [2.05, 4.69) is 22.4 Å². The van der Waals surface area contributed by atoms with Crippen LogP contribution in [0.5, 0.6) is 0 Å². The molecule has 2 amide bonds. The number of amides is 2. The average molecular weight is 500 g/mol. The third-order valence-electron chi connectivity index (χ3n) is 4.62. The minimum atomic E-state index is -0.207. The van der Waals surface area contributed by atoms with Crippen LogP contribution >= 0.6 is 46.9 Å². The summed E-state index contributed by atoms with van der Waals surface area (Å²) in [5, 5.41) is 3.99. The van der Waals surface area contributed by atoms with E-state index < -0.39 is 0 Å². The zero-order valence-electron chi connectivity index (χ0n) is 16.8. The Balaban J connectivity index is 1.30. The third kappa shape index (κ3) is 5.83. The molecule has 9 heteroatoms. The number of thiocarbonyl (C=S) groups is 1. The number of nitrogens with one attached hydrogen (secondary N) is 1. The Morgan fingerprint density at radius 2 is 1.91 bits per heavy atom. The summed E-state index contributed by atoms with van der Waals surface area (Å²) in [5.74, 6) is -0.400. The fourth-order valence-electron chi connectivity index (χ4n) is 3.04. The number of halogens is 1. The van der Waals surface area contributed by atoms with Crippen molar-refractivity contribution in [3.05, 3.63) is 86.7 Å². The number of anilines is 1. The molecule has 3 aromatic rings. The number of carbonyl (C=O) groups is 2. The predicted molar refractivity (Wildman–Crippen MR) is 136 cm³/mol. The zero-order chi connectivity index (χ0) is 22.5. The van der Waals surface area contributed by atoms with E-state index in [4.69, 9.17) is 23.8 Å². The molecule has 1 aliphatic heterocycles. The largest absolute Gasteiger partial charge is 0.302 e. The molecule has 0 bridgehead atoms. The van der Waals surface area contributed by atoms with E-state index in [-0.39, 0.29) is 24.8 Å². The normalized spacial score (nSPS) is 14.9. The number of aromatic nitrogens is 1. The van der Waals surface area contributed by atoms with Crippen molar-refractivity contribution < 1.29 is 9.59 Å². The van der Waals surface area contributed by atoms with Crippen molar-refractivity contribution in [3.63, 3.8) is 0 Å². The van der Waals surface area contributed by atoms with Crippen molar-refractivity contribution in [2.24, 2.45) is 0 Å². The van der Waals surface area contributed by atoms with Gasteiger partial charge in [0, 0.05) is 35.5 Å². The monoisotopic (exact) mass is 499 g/mol. The van der Waals surface area contributed by atoms with Gasteiger partial charge in [0.25, 0.3) is 5.91 Å². The highest BCUT2D eigenvalue weighted by Gasteiger charge is 2.32. The molecule has 1 aromatic heterocycles. The van der Waals surface area contributed by atoms with Gasteiger partial charge in [-0.1, -0.05) is 78.0 Å². The Morgan fingerprint density at radius 1 is 1.16 bits per heavy atom. The quantitative estimate of drug-likeness (QED) is 0.338. The molecule has 0 unspecified atom stereocenters. The fourth-order valence-corrected chi connectivity index (χ4v) is 5.34. The molecule has 162 valence electrons. The van der Waals surface area contributed by atoms with Gasteiger partial charge in [-0.05, 0) is 29.3 Å². The summed E-state index contributed by atoms with van der Waals surface area (Å²) < 4.78 is 0.447. The summed E-state index contributed by atoms with van der Waals surface area (Å²) in [4.78, 5) is 32.5. The lowest BCUT2D eigenvalue weighted by molar-refractivity contribution is -0.122. The van der Waals surface area contributed by atoms with Gasteiger partial charge in [0.15, 0.2) is 5.13 Å². The molecule has 0 aliphatic carbocycles. The molecular formula is C23H18ClN3O2S3. The maximum atomic E-state index is 12.7. The number of hydrogen-bond donors (Lipinski definition) is 1. The lowest BCUT2D eigenvalue weighted by Gasteiger charge is -2.13. The zero-order valence-corrected chi connectivity index (χ0v) is 20.0. The van der Waals surface area contributed by atoms with Crippen LogP contribution in [0, 0.1) is 0 Å². The van der Waals surface area contributed by atoms with Crippen molar-refractivity contribution in [2.75, 3.05) is 11.9 Å². The number of carbonyl (C=O) groups excluding carboxylic acids is 2. The van der Waals surface area contributed by atoms with Crippen LogP contribution in [0.25, 0.3) is 6.08 Å². The number of thioether (sulfide) groups is 1. The summed E-state index contributed by atoms with van der Waals surface area (Å²) in [6, 6.07) is 17.3. The lowest BCUT2D eigenvalue weighted by atomic mass is 10.1. The van der Waals surface area contributed by atoms with Crippen molar-refractivity contribution >= 4 is 74.3 Å². The second-order valence-electron chi connectivity index (χ2n) is 6.98. The summed E-state index contributed by atoms with van der Waals surface area (Å²) in [6.07, 6.45) is 4.45. The van der Waals surface area contributed by atoms with Crippen LogP contribution in [0.4, 0.5) is 5.13 Å². The van der Waals surface area contributed by atoms with Gasteiger partial charge in [-0.25, -0.2) is 4.98 Å². The van der Waals surface area contributed by atoms with Gasteiger partial charge in [0.1, 0.15) is 4.32 Å². The van der Waals surface area contributed by atoms with Gasteiger partial charge >= 0.3 is 0 Å². The maximum absolute atomic E-state index is 12.7. The molecule has 2 heterocycles. The molecule has 0 radical (unpaired) electrons. The molecule has 2 aromatic carbocycles. The molecule has 1 fully saturated rings. The number of nitrogens with zero attached hydrogens (tertiary/aromatic N) is 2. The number of thiazole rings is 1. The van der Waals surface area contributed by atoms with Crippen LogP contribution in [0.3, 0.4) is 0 Å². The van der Waals surface area contributed by atoms with E-state index in [1.54, 1.807) is 24.4 Å². The van der Waals surface area contributed by atoms with Gasteiger partial charge in [-0.15, -0.1) is 11.3 Å². The second-order valence-corrected chi connectivity index (χ2v) is 10.2. The molecule has 0 saturated carbocycles. The standard InChI is InChI=1S/C23H18ClN3O2S3/c24-17-8-6-16(7-9-17)13-19-21(29)27(23(30)32-19)11-10-20(28)26-22-25-14-18(31-22)12-15-4-2-1-3-5-15/h1-9,13-14H,10-12H2,(H,25,26,28)/b19-13-. The van der Waals surface area contributed by atoms with Crippen molar-refractivity contribution in [1.82, 2.24) is 9.88 Å². The molecule has 1 saturated heterocycles. The number of rotatable bonds is 7. The van der Waals surface area contributed by atoms with Gasteiger partial charge in [0.2, 0.25) is 5.91 Å². The molecular weight excluding hydrogens is 482 g/mol. The fraction of sp³-hybridized carbons (Fsp3) is 0.130. The van der Waals surface area contributed by atoms with Crippen molar-refractivity contribution in [1.29, 1.82) is 0 Å². The molecule has 5 nitrogen and oxygen atoms in total. The van der Waals surface area contributed by atoms with Gasteiger partial charge in [-0.2, -0.15) is 0 Å². The molecule has 32 heavy (non-hydrogen) atoms. The molecule has 0 atom stereocenters. The van der Waals surface area contributed by atoms with Crippen LogP contribution < -0.4 is 5.32 Å². The predicted octanol–water partition coefficient (Wildman–Crippen LogP) is 5.62. The molecule has 0 spiro atoms. The van der Waals surface area contributed by atoms with Crippen LogP contribution in [0.1, 0.15) is 22.4 Å². The first-order chi connectivity index (χ1) is 15.5. The van der Waals surface area contributed by atoms with Gasteiger partial charge < -0.3 is 5.32 Å². The van der Waals surface area contributed by atoms with Crippen molar-refractivity contribution in [2.45, 2.75) is 12.8 Å². The van der Waals surface area contributed by atoms with Crippen LogP contribution in [-0.2, 0) is 16.0 Å². The van der Waals surface area contributed by atoms with E-state index in [0.717, 1.165) is 16.9 Å². The minimum absolute atomic E-state index is 0.133. The molecule has 1 aliphatic rings. The summed E-state index contributed by atoms with van der Waals surface area (Å²) in [7, 11) is 0. The Kier molecular flexibility index (Phi) is 7.36. The summed E-state index contributed by atoms with van der Waals surface area (Å²) in [6.45, 7) is 0.219. The summed E-state index contributed by atoms with van der Waals surface area (Å²) in [5.41, 5.74) is 2.05. The Morgan fingerprint density at radius 3 is 2.66 bits per heavy atom.